The lowest BCUT2D eigenvalue weighted by molar-refractivity contribution is -0.127. The van der Waals surface area contributed by atoms with Crippen LogP contribution in [-0.2, 0) is 14.3 Å². The molecule has 0 bridgehead atoms. The van der Waals surface area contributed by atoms with Crippen molar-refractivity contribution in [1.29, 1.82) is 0 Å². The van der Waals surface area contributed by atoms with E-state index in [4.69, 9.17) is 10.5 Å². The number of amides is 4. The average Bonchev–Trinajstić information content (AvgIpc) is 2.98. The number of fused-ring (bicyclic) bond motifs is 1. The van der Waals surface area contributed by atoms with Crippen LogP contribution in [0.15, 0.2) is 4.99 Å². The van der Waals surface area contributed by atoms with Crippen LogP contribution in [0.1, 0.15) is 0 Å². The van der Waals surface area contributed by atoms with Crippen LogP contribution in [0.2, 0.25) is 0 Å². The van der Waals surface area contributed by atoms with E-state index in [1.165, 1.54) is 4.90 Å². The lowest BCUT2D eigenvalue weighted by atomic mass is 10.1. The molecule has 3 aliphatic rings. The third kappa shape index (κ3) is 3.44. The summed E-state index contributed by atoms with van der Waals surface area (Å²) >= 11 is 0. The van der Waals surface area contributed by atoms with Gasteiger partial charge in [-0.1, -0.05) is 0 Å². The molecule has 2 atom stereocenters. The van der Waals surface area contributed by atoms with E-state index < -0.39 is 18.2 Å². The van der Waals surface area contributed by atoms with Crippen LogP contribution in [0.4, 0.5) is 4.79 Å². The van der Waals surface area contributed by atoms with E-state index in [1.54, 1.807) is 14.2 Å². The zero-order chi connectivity index (χ0) is 18.8. The molecule has 26 heavy (non-hydrogen) atoms. The molecule has 3 heterocycles. The minimum Gasteiger partial charge on any atom is -0.383 e. The van der Waals surface area contributed by atoms with E-state index in [1.807, 2.05) is 9.80 Å². The first-order valence-corrected chi connectivity index (χ1v) is 8.59. The monoisotopic (exact) mass is 367 g/mol. The number of aliphatic imine (C=N–C) groups is 1. The number of ether oxygens (including phenoxy) is 1. The Bertz CT molecular complexity index is 617. The number of nitrogens with two attached hydrogens (primary N) is 1. The molecule has 2 unspecified atom stereocenters. The molecule has 0 aromatic rings. The van der Waals surface area contributed by atoms with Gasteiger partial charge >= 0.3 is 6.03 Å². The lowest BCUT2D eigenvalue weighted by Crippen LogP contribution is -2.65. The number of methoxy groups -OCH3 is 1. The highest BCUT2D eigenvalue weighted by Crippen LogP contribution is 2.25. The van der Waals surface area contributed by atoms with Crippen molar-refractivity contribution >= 4 is 23.8 Å². The van der Waals surface area contributed by atoms with E-state index in [9.17, 15) is 14.4 Å². The molecule has 3 N–H and O–H groups in total. The average molecular weight is 367 g/mol. The van der Waals surface area contributed by atoms with Crippen LogP contribution < -0.4 is 11.1 Å². The molecular weight excluding hydrogens is 342 g/mol. The van der Waals surface area contributed by atoms with Gasteiger partial charge in [-0.3, -0.25) is 19.8 Å². The molecule has 0 aromatic carbocycles. The SMILES string of the molecule is COCCN1C(N2CCN(CC(N)=O)CC2)=NC2C1C(=O)NC(=O)N2C. The third-order valence-electron chi connectivity index (χ3n) is 4.91. The van der Waals surface area contributed by atoms with Gasteiger partial charge in [0.2, 0.25) is 5.91 Å². The molecule has 11 heteroatoms. The van der Waals surface area contributed by atoms with E-state index >= 15 is 0 Å². The maximum atomic E-state index is 12.4. The Balaban J connectivity index is 1.76. The van der Waals surface area contributed by atoms with Crippen molar-refractivity contribution in [2.24, 2.45) is 10.7 Å². The van der Waals surface area contributed by atoms with Gasteiger partial charge in [0.25, 0.3) is 5.91 Å². The van der Waals surface area contributed by atoms with Gasteiger partial charge in [-0.25, -0.2) is 9.79 Å². The summed E-state index contributed by atoms with van der Waals surface area (Å²) in [5, 5.41) is 2.37. The molecule has 2 fully saturated rings. The number of likely N-dealkylation sites (N-methyl/N-ethyl adjacent to an activating group) is 1. The smallest absolute Gasteiger partial charge is 0.325 e. The van der Waals surface area contributed by atoms with Gasteiger partial charge in [0.15, 0.2) is 18.2 Å². The van der Waals surface area contributed by atoms with Gasteiger partial charge in [-0.05, 0) is 0 Å². The highest BCUT2D eigenvalue weighted by molar-refractivity contribution is 6.03. The number of hydrogen-bond donors (Lipinski definition) is 2. The van der Waals surface area contributed by atoms with Crippen molar-refractivity contribution in [1.82, 2.24) is 24.9 Å². The maximum Gasteiger partial charge on any atom is 0.325 e. The quantitative estimate of drug-likeness (QED) is 0.541. The van der Waals surface area contributed by atoms with Crippen molar-refractivity contribution in [3.8, 4) is 0 Å². The normalized spacial score (nSPS) is 26.7. The van der Waals surface area contributed by atoms with Crippen LogP contribution in [0.3, 0.4) is 0 Å². The molecule has 0 spiro atoms. The molecular formula is C15H25N7O4. The number of piperazine rings is 1. The molecule has 3 rings (SSSR count). The summed E-state index contributed by atoms with van der Waals surface area (Å²) in [5.74, 6) is -0.00556. The number of carbonyl (C=O) groups excluding carboxylic acids is 3. The predicted octanol–water partition coefficient (Wildman–Crippen LogP) is -2.72. The summed E-state index contributed by atoms with van der Waals surface area (Å²) in [6.07, 6.45) is -0.549. The standard InChI is InChI=1S/C15H25N7O4/c1-19-12-11(13(24)18-15(19)25)22(7-8-26-2)14(17-12)21-5-3-20(4-6-21)9-10(16)23/h11-12H,3-9H2,1-2H3,(H2,16,23)(H,18,24,25). The van der Waals surface area contributed by atoms with E-state index in [-0.39, 0.29) is 18.4 Å². The Hall–Kier alpha value is -2.40. The highest BCUT2D eigenvalue weighted by atomic mass is 16.5. The third-order valence-corrected chi connectivity index (χ3v) is 4.91. The van der Waals surface area contributed by atoms with E-state index in [2.05, 4.69) is 15.2 Å². The highest BCUT2D eigenvalue weighted by Gasteiger charge is 2.49. The predicted molar refractivity (Wildman–Crippen MR) is 92.1 cm³/mol. The molecule has 0 aromatic heterocycles. The maximum absolute atomic E-state index is 12.4. The molecule has 11 nitrogen and oxygen atoms in total. The molecule has 144 valence electrons. The number of primary amides is 1. The molecule has 0 saturated carbocycles. The first-order valence-electron chi connectivity index (χ1n) is 8.59. The van der Waals surface area contributed by atoms with Crippen molar-refractivity contribution < 1.29 is 19.1 Å². The lowest BCUT2D eigenvalue weighted by Gasteiger charge is -2.40. The van der Waals surface area contributed by atoms with Crippen molar-refractivity contribution in [3.63, 3.8) is 0 Å². The molecule has 2 saturated heterocycles. The fourth-order valence-electron chi connectivity index (χ4n) is 3.53. The number of rotatable bonds is 5. The van der Waals surface area contributed by atoms with Crippen molar-refractivity contribution in [3.05, 3.63) is 0 Å². The Morgan fingerprint density at radius 1 is 1.31 bits per heavy atom. The topological polar surface area (TPSA) is 124 Å². The minimum absolute atomic E-state index is 0.235. The van der Waals surface area contributed by atoms with Gasteiger partial charge in [0, 0.05) is 46.9 Å². The minimum atomic E-state index is -0.563. The van der Waals surface area contributed by atoms with Crippen molar-refractivity contribution in [2.75, 3.05) is 60.0 Å². The van der Waals surface area contributed by atoms with E-state index in [0.717, 1.165) is 0 Å². The van der Waals surface area contributed by atoms with Crippen LogP contribution >= 0.6 is 0 Å². The van der Waals surface area contributed by atoms with Crippen LogP contribution in [0.5, 0.6) is 0 Å². The fraction of sp³-hybridized carbons (Fsp3) is 0.733. The van der Waals surface area contributed by atoms with Gasteiger partial charge in [-0.15, -0.1) is 0 Å². The molecule has 3 aliphatic heterocycles. The van der Waals surface area contributed by atoms with Crippen LogP contribution in [0.25, 0.3) is 0 Å². The van der Waals surface area contributed by atoms with Crippen LogP contribution in [-0.4, -0.2) is 116 Å². The number of urea groups is 1. The van der Waals surface area contributed by atoms with Crippen LogP contribution in [0, 0.1) is 0 Å². The summed E-state index contributed by atoms with van der Waals surface area (Å²) in [7, 11) is 3.23. The number of guanidine groups is 1. The zero-order valence-corrected chi connectivity index (χ0v) is 15.1. The number of imide groups is 1. The Labute approximate surface area is 151 Å². The summed E-state index contributed by atoms with van der Waals surface area (Å²) in [5.41, 5.74) is 5.26. The number of hydrogen-bond acceptors (Lipinski definition) is 8. The molecule has 4 amide bonds. The Kier molecular flexibility index (Phi) is 5.28. The Morgan fingerprint density at radius 3 is 2.62 bits per heavy atom. The Morgan fingerprint density at radius 2 is 2.00 bits per heavy atom. The second-order valence-corrected chi connectivity index (χ2v) is 6.61. The zero-order valence-electron chi connectivity index (χ0n) is 15.1. The summed E-state index contributed by atoms with van der Waals surface area (Å²) in [4.78, 5) is 47.5. The number of carbonyl (C=O) groups is 3. The number of nitrogens with zero attached hydrogens (tertiary/aromatic N) is 5. The molecule has 0 aliphatic carbocycles. The van der Waals surface area contributed by atoms with E-state index in [0.29, 0.717) is 45.3 Å². The summed E-state index contributed by atoms with van der Waals surface area (Å²) in [6.45, 7) is 3.84. The second-order valence-electron chi connectivity index (χ2n) is 6.61. The first-order chi connectivity index (χ1) is 12.4. The second kappa shape index (κ2) is 7.46. The fourth-order valence-corrected chi connectivity index (χ4v) is 3.53. The van der Waals surface area contributed by atoms with Gasteiger partial charge in [-0.2, -0.15) is 0 Å². The van der Waals surface area contributed by atoms with Gasteiger partial charge in [0.1, 0.15) is 0 Å². The van der Waals surface area contributed by atoms with Gasteiger partial charge in [0.05, 0.1) is 13.2 Å². The molecule has 0 radical (unpaired) electrons. The van der Waals surface area contributed by atoms with Crippen molar-refractivity contribution in [2.45, 2.75) is 12.2 Å². The summed E-state index contributed by atoms with van der Waals surface area (Å²) < 4.78 is 5.18. The van der Waals surface area contributed by atoms with Gasteiger partial charge < -0.3 is 25.2 Å². The summed E-state index contributed by atoms with van der Waals surface area (Å²) in [6, 6.07) is -1.01. The first kappa shape index (κ1) is 18.4. The largest absolute Gasteiger partial charge is 0.383 e. The number of nitrogens with one attached hydrogen (secondary N) is 1.